The van der Waals surface area contributed by atoms with Gasteiger partial charge < -0.3 is 37.9 Å². The normalized spacial score (nSPS) is 25.3. The molecule has 2 aliphatic rings. The van der Waals surface area contributed by atoms with E-state index in [1.54, 1.807) is 0 Å². The third-order valence-corrected chi connectivity index (χ3v) is 8.53. The molecule has 6 atom stereocenters. The van der Waals surface area contributed by atoms with Crippen molar-refractivity contribution in [2.24, 2.45) is 0 Å². The molecule has 1 aliphatic heterocycles. The summed E-state index contributed by atoms with van der Waals surface area (Å²) in [5, 5.41) is 0. The zero-order valence-corrected chi connectivity index (χ0v) is 27.3. The Morgan fingerprint density at radius 3 is 0.938 bits per heavy atom. The van der Waals surface area contributed by atoms with E-state index in [1.165, 1.54) is 0 Å². The fourth-order valence-electron chi connectivity index (χ4n) is 6.13. The molecule has 1 aliphatic carbocycles. The molecule has 0 N–H and O–H groups in total. The highest BCUT2D eigenvalue weighted by Gasteiger charge is 2.55. The van der Waals surface area contributed by atoms with Crippen LogP contribution in [0.25, 0.3) is 0 Å². The Morgan fingerprint density at radius 2 is 0.625 bits per heavy atom. The summed E-state index contributed by atoms with van der Waals surface area (Å²) in [5.41, 5.74) is 4.19. The molecule has 0 bridgehead atoms. The van der Waals surface area contributed by atoms with E-state index in [0.29, 0.717) is 66.1 Å². The monoisotopic (exact) mass is 654 g/mol. The van der Waals surface area contributed by atoms with Gasteiger partial charge in [-0.25, -0.2) is 0 Å². The fourth-order valence-corrected chi connectivity index (χ4v) is 6.13. The maximum absolute atomic E-state index is 6.85. The van der Waals surface area contributed by atoms with Crippen LogP contribution in [0.5, 0.6) is 0 Å². The van der Waals surface area contributed by atoms with Gasteiger partial charge in [-0.15, -0.1) is 0 Å². The van der Waals surface area contributed by atoms with Crippen molar-refractivity contribution in [3.8, 4) is 0 Å². The van der Waals surface area contributed by atoms with Crippen LogP contribution in [0.3, 0.4) is 0 Å². The fraction of sp³-hybridized carbons (Fsp3) is 0.400. The van der Waals surface area contributed by atoms with Gasteiger partial charge >= 0.3 is 0 Å². The molecule has 0 unspecified atom stereocenters. The Kier molecular flexibility index (Phi) is 13.6. The van der Waals surface area contributed by atoms with Gasteiger partial charge in [0.2, 0.25) is 0 Å². The molecule has 0 spiro atoms. The molecular weight excluding hydrogens is 608 g/mol. The third-order valence-electron chi connectivity index (χ3n) is 8.53. The average Bonchev–Trinajstić information content (AvgIpc) is 3.14. The van der Waals surface area contributed by atoms with Crippen LogP contribution in [0.15, 0.2) is 121 Å². The third kappa shape index (κ3) is 10.0. The lowest BCUT2D eigenvalue weighted by Crippen LogP contribution is -2.67. The molecule has 1 heterocycles. The van der Waals surface area contributed by atoms with Gasteiger partial charge in [-0.05, 0) is 22.3 Å². The van der Waals surface area contributed by atoms with Crippen LogP contribution >= 0.6 is 0 Å². The maximum atomic E-state index is 6.85. The Labute approximate surface area is 283 Å². The number of hydrogen-bond donors (Lipinski definition) is 0. The number of hydrogen-bond acceptors (Lipinski definition) is 8. The van der Waals surface area contributed by atoms with Crippen LogP contribution in [-0.2, 0) is 64.3 Å². The Morgan fingerprint density at radius 1 is 0.354 bits per heavy atom. The van der Waals surface area contributed by atoms with E-state index in [0.717, 1.165) is 22.3 Å². The van der Waals surface area contributed by atoms with Crippen LogP contribution in [-0.4, -0.2) is 76.3 Å². The van der Waals surface area contributed by atoms with E-state index in [4.69, 9.17) is 37.9 Å². The predicted molar refractivity (Wildman–Crippen MR) is 181 cm³/mol. The van der Waals surface area contributed by atoms with Crippen LogP contribution in [0.4, 0.5) is 0 Å². The lowest BCUT2D eigenvalue weighted by Gasteiger charge is -2.49. The van der Waals surface area contributed by atoms with Gasteiger partial charge in [-0.1, -0.05) is 121 Å². The molecule has 0 aromatic heterocycles. The molecule has 2 fully saturated rings. The quantitative estimate of drug-likeness (QED) is 0.180. The standard InChI is InChI=1S/C40H46O8/c1-5-13-31(14-6-1)27-45-37-35-36(44-26-24-42-22-21-41-23-25-43-35)38(46-28-32-15-7-2-8-16-32)40(48-30-34-19-11-4-12-20-34)39(37)47-29-33-17-9-3-10-18-33/h1-20,35-40H,21-30H2/t35-,36+,37-,38-,39+,40+/m0/s1. The minimum Gasteiger partial charge on any atom is -0.377 e. The molecule has 1 saturated heterocycles. The molecule has 8 nitrogen and oxygen atoms in total. The lowest BCUT2D eigenvalue weighted by atomic mass is 9.83. The van der Waals surface area contributed by atoms with E-state index >= 15 is 0 Å². The molecule has 4 aromatic carbocycles. The van der Waals surface area contributed by atoms with Crippen molar-refractivity contribution >= 4 is 0 Å². The topological polar surface area (TPSA) is 73.8 Å². The minimum absolute atomic E-state index is 0.349. The van der Waals surface area contributed by atoms with Crippen LogP contribution in [0, 0.1) is 0 Å². The van der Waals surface area contributed by atoms with E-state index in [2.05, 4.69) is 48.5 Å². The zero-order valence-electron chi connectivity index (χ0n) is 27.3. The highest BCUT2D eigenvalue weighted by atomic mass is 16.6. The van der Waals surface area contributed by atoms with Crippen molar-refractivity contribution in [1.82, 2.24) is 0 Å². The molecule has 254 valence electrons. The Balaban J connectivity index is 1.37. The summed E-state index contributed by atoms with van der Waals surface area (Å²) >= 11 is 0. The van der Waals surface area contributed by atoms with E-state index in [9.17, 15) is 0 Å². The molecule has 48 heavy (non-hydrogen) atoms. The van der Waals surface area contributed by atoms with Crippen LogP contribution in [0.2, 0.25) is 0 Å². The van der Waals surface area contributed by atoms with Crippen molar-refractivity contribution in [1.29, 1.82) is 0 Å². The molecule has 0 radical (unpaired) electrons. The van der Waals surface area contributed by atoms with Crippen molar-refractivity contribution in [3.05, 3.63) is 144 Å². The highest BCUT2D eigenvalue weighted by molar-refractivity contribution is 5.17. The second kappa shape index (κ2) is 18.9. The van der Waals surface area contributed by atoms with E-state index < -0.39 is 36.6 Å². The second-order valence-corrected chi connectivity index (χ2v) is 11.9. The van der Waals surface area contributed by atoms with E-state index in [1.807, 2.05) is 72.8 Å². The summed E-state index contributed by atoms with van der Waals surface area (Å²) in [6.45, 7) is 3.97. The summed E-state index contributed by atoms with van der Waals surface area (Å²) in [5.74, 6) is 0. The number of rotatable bonds is 12. The molecule has 8 heteroatoms. The second-order valence-electron chi connectivity index (χ2n) is 11.9. The summed E-state index contributed by atoms with van der Waals surface area (Å²) in [6, 6.07) is 40.6. The van der Waals surface area contributed by atoms with Gasteiger partial charge in [0.1, 0.15) is 36.6 Å². The Hall–Kier alpha value is -3.44. The molecule has 1 saturated carbocycles. The van der Waals surface area contributed by atoms with Crippen molar-refractivity contribution in [2.75, 3.05) is 39.6 Å². The molecular formula is C40H46O8. The zero-order chi connectivity index (χ0) is 32.6. The van der Waals surface area contributed by atoms with Gasteiger partial charge in [0.15, 0.2) is 0 Å². The van der Waals surface area contributed by atoms with Crippen LogP contribution < -0.4 is 0 Å². The van der Waals surface area contributed by atoms with Gasteiger partial charge in [0.25, 0.3) is 0 Å². The maximum Gasteiger partial charge on any atom is 0.116 e. The first kappa shape index (κ1) is 34.4. The van der Waals surface area contributed by atoms with Gasteiger partial charge in [0, 0.05) is 0 Å². The van der Waals surface area contributed by atoms with Crippen molar-refractivity contribution in [2.45, 2.75) is 63.1 Å². The molecule has 6 rings (SSSR count). The lowest BCUT2D eigenvalue weighted by molar-refractivity contribution is -0.291. The smallest absolute Gasteiger partial charge is 0.116 e. The number of benzene rings is 4. The first-order chi connectivity index (χ1) is 23.8. The minimum atomic E-state index is -0.562. The highest BCUT2D eigenvalue weighted by Crippen LogP contribution is 2.36. The van der Waals surface area contributed by atoms with Crippen molar-refractivity contribution < 1.29 is 37.9 Å². The summed E-state index contributed by atoms with van der Waals surface area (Å²) in [4.78, 5) is 0. The van der Waals surface area contributed by atoms with E-state index in [-0.39, 0.29) is 0 Å². The van der Waals surface area contributed by atoms with Gasteiger partial charge in [-0.2, -0.15) is 0 Å². The largest absolute Gasteiger partial charge is 0.377 e. The summed E-state index contributed by atoms with van der Waals surface area (Å²) in [7, 11) is 0. The number of fused-ring (bicyclic) bond motifs is 1. The molecule has 0 amide bonds. The summed E-state index contributed by atoms with van der Waals surface area (Å²) in [6.07, 6.45) is -3.33. The van der Waals surface area contributed by atoms with Gasteiger partial charge in [0.05, 0.1) is 66.1 Å². The average molecular weight is 655 g/mol. The Bertz CT molecular complexity index is 1310. The summed E-state index contributed by atoms with van der Waals surface area (Å²) < 4.78 is 52.3. The SMILES string of the molecule is c1ccc(CO[C@H]2[C@H](OCc3ccccc3)[C@@H](OCc3ccccc3)[C@H]3OCCOCCOCCO[C@H]3[C@@H]2OCc2ccccc2)cc1. The van der Waals surface area contributed by atoms with Crippen LogP contribution in [0.1, 0.15) is 22.3 Å². The first-order valence-electron chi connectivity index (χ1n) is 16.9. The number of ether oxygens (including phenoxy) is 8. The van der Waals surface area contributed by atoms with Crippen molar-refractivity contribution in [3.63, 3.8) is 0 Å². The first-order valence-corrected chi connectivity index (χ1v) is 16.9. The molecule has 4 aromatic rings. The van der Waals surface area contributed by atoms with Gasteiger partial charge in [-0.3, -0.25) is 0 Å². The predicted octanol–water partition coefficient (Wildman–Crippen LogP) is 6.16.